The smallest absolute Gasteiger partial charge is 0.341 e. The fourth-order valence-corrected chi connectivity index (χ4v) is 2.95. The van der Waals surface area contributed by atoms with Crippen LogP contribution in [0.2, 0.25) is 0 Å². The van der Waals surface area contributed by atoms with Crippen molar-refractivity contribution in [1.82, 2.24) is 5.32 Å². The number of halogens is 2. The molecule has 5 nitrogen and oxygen atoms in total. The van der Waals surface area contributed by atoms with E-state index in [1.165, 1.54) is 12.1 Å². The molecule has 23 heavy (non-hydrogen) atoms. The van der Waals surface area contributed by atoms with Gasteiger partial charge in [-0.15, -0.1) is 0 Å². The predicted molar refractivity (Wildman–Crippen MR) is 84.0 cm³/mol. The molecule has 0 bridgehead atoms. The molecule has 0 aliphatic heterocycles. The maximum atomic E-state index is 13.6. The molecule has 1 aliphatic carbocycles. The maximum Gasteiger partial charge on any atom is 0.341 e. The van der Waals surface area contributed by atoms with Crippen LogP contribution in [0.3, 0.4) is 0 Å². The Hall–Kier alpha value is -1.94. The molecule has 1 amide bonds. The molecule has 1 aromatic rings. The van der Waals surface area contributed by atoms with Crippen LogP contribution in [0.25, 0.3) is 0 Å². The van der Waals surface area contributed by atoms with Gasteiger partial charge in [0.1, 0.15) is 11.4 Å². The van der Waals surface area contributed by atoms with E-state index in [4.69, 9.17) is 4.74 Å². The van der Waals surface area contributed by atoms with Crippen LogP contribution in [0, 0.1) is 17.1 Å². The number of hydrogen-bond donors (Lipinski definition) is 1. The van der Waals surface area contributed by atoms with E-state index >= 15 is 0 Å². The molecule has 1 saturated carbocycles. The second kappa shape index (κ2) is 7.55. The van der Waals surface area contributed by atoms with Gasteiger partial charge in [0.15, 0.2) is 6.61 Å². The number of nitrogens with zero attached hydrogens (tertiary/aromatic N) is 1. The molecule has 2 rings (SSSR count). The number of carbonyl (C=O) groups is 2. The first-order valence-corrected chi connectivity index (χ1v) is 8.09. The van der Waals surface area contributed by atoms with E-state index in [-0.39, 0.29) is 5.56 Å². The zero-order valence-corrected chi connectivity index (χ0v) is 14.0. The monoisotopic (exact) mass is 382 g/mol. The number of nitriles is 1. The third kappa shape index (κ3) is 4.52. The summed E-state index contributed by atoms with van der Waals surface area (Å²) in [6.07, 6.45) is 3.96. The van der Waals surface area contributed by atoms with Crippen molar-refractivity contribution in [3.8, 4) is 6.07 Å². The lowest BCUT2D eigenvalue weighted by Gasteiger charge is -2.31. The molecule has 1 fully saturated rings. The molecule has 0 atom stereocenters. The summed E-state index contributed by atoms with van der Waals surface area (Å²) in [6, 6.07) is 6.02. The van der Waals surface area contributed by atoms with Crippen LogP contribution in [-0.2, 0) is 9.53 Å². The van der Waals surface area contributed by atoms with Gasteiger partial charge in [0.25, 0.3) is 5.91 Å². The maximum absolute atomic E-state index is 13.6. The van der Waals surface area contributed by atoms with E-state index in [0.29, 0.717) is 17.3 Å². The van der Waals surface area contributed by atoms with Gasteiger partial charge >= 0.3 is 5.97 Å². The number of amides is 1. The molecule has 122 valence electrons. The Morgan fingerprint density at radius 2 is 2.04 bits per heavy atom. The van der Waals surface area contributed by atoms with Crippen molar-refractivity contribution in [2.45, 2.75) is 37.6 Å². The highest BCUT2D eigenvalue weighted by Gasteiger charge is 2.33. The van der Waals surface area contributed by atoms with E-state index in [2.05, 4.69) is 27.3 Å². The fourth-order valence-electron chi connectivity index (χ4n) is 2.59. The average Bonchev–Trinajstić information content (AvgIpc) is 2.55. The van der Waals surface area contributed by atoms with Crippen LogP contribution in [0.1, 0.15) is 42.5 Å². The molecule has 0 heterocycles. The topological polar surface area (TPSA) is 79.2 Å². The highest BCUT2D eigenvalue weighted by molar-refractivity contribution is 9.10. The van der Waals surface area contributed by atoms with Crippen molar-refractivity contribution in [3.63, 3.8) is 0 Å². The number of carbonyl (C=O) groups excluding carboxylic acids is 2. The van der Waals surface area contributed by atoms with Gasteiger partial charge in [-0.05, 0) is 31.0 Å². The van der Waals surface area contributed by atoms with Crippen LogP contribution in [0.4, 0.5) is 4.39 Å². The molecule has 0 spiro atoms. The molecule has 0 saturated heterocycles. The summed E-state index contributed by atoms with van der Waals surface area (Å²) in [6.45, 7) is -0.547. The minimum Gasteiger partial charge on any atom is -0.452 e. The molecule has 0 aromatic heterocycles. The van der Waals surface area contributed by atoms with Gasteiger partial charge < -0.3 is 10.1 Å². The molecule has 1 aromatic carbocycles. The number of benzene rings is 1. The molecule has 1 N–H and O–H groups in total. The second-order valence-electron chi connectivity index (χ2n) is 5.50. The summed E-state index contributed by atoms with van der Waals surface area (Å²) in [5, 5.41) is 11.9. The number of rotatable bonds is 4. The van der Waals surface area contributed by atoms with E-state index in [1.54, 1.807) is 0 Å². The fraction of sp³-hybridized carbons (Fsp3) is 0.438. The first-order valence-electron chi connectivity index (χ1n) is 7.30. The van der Waals surface area contributed by atoms with Crippen molar-refractivity contribution in [1.29, 1.82) is 5.26 Å². The Morgan fingerprint density at radius 3 is 2.70 bits per heavy atom. The van der Waals surface area contributed by atoms with Crippen LogP contribution >= 0.6 is 15.9 Å². The summed E-state index contributed by atoms with van der Waals surface area (Å²) in [5.74, 6) is -2.20. The van der Waals surface area contributed by atoms with Gasteiger partial charge in [-0.3, -0.25) is 4.79 Å². The Labute approximate surface area is 141 Å². The summed E-state index contributed by atoms with van der Waals surface area (Å²) in [7, 11) is 0. The van der Waals surface area contributed by atoms with Crippen LogP contribution in [-0.4, -0.2) is 24.0 Å². The minimum atomic E-state index is -0.923. The minimum absolute atomic E-state index is 0.250. The summed E-state index contributed by atoms with van der Waals surface area (Å²) in [4.78, 5) is 23.8. The Balaban J connectivity index is 1.92. The summed E-state index contributed by atoms with van der Waals surface area (Å²) < 4.78 is 18.9. The molecular weight excluding hydrogens is 367 g/mol. The first-order chi connectivity index (χ1) is 11.0. The third-order valence-electron chi connectivity index (χ3n) is 3.78. The second-order valence-corrected chi connectivity index (χ2v) is 6.42. The number of nitrogens with one attached hydrogen (secondary N) is 1. The Morgan fingerprint density at radius 1 is 1.35 bits per heavy atom. The van der Waals surface area contributed by atoms with Crippen LogP contribution in [0.5, 0.6) is 0 Å². The van der Waals surface area contributed by atoms with Gasteiger partial charge in [-0.25, -0.2) is 9.18 Å². The summed E-state index contributed by atoms with van der Waals surface area (Å²) in [5.41, 5.74) is -1.14. The van der Waals surface area contributed by atoms with Crippen molar-refractivity contribution < 1.29 is 18.7 Å². The van der Waals surface area contributed by atoms with Crippen molar-refractivity contribution in [2.24, 2.45) is 0 Å². The van der Waals surface area contributed by atoms with Gasteiger partial charge in [-0.2, -0.15) is 5.26 Å². The number of hydrogen-bond acceptors (Lipinski definition) is 4. The van der Waals surface area contributed by atoms with Gasteiger partial charge in [-0.1, -0.05) is 35.2 Å². The SMILES string of the molecule is N#CC1(NC(=O)COC(=O)c2cc(Br)ccc2F)CCCCC1. The van der Waals surface area contributed by atoms with Crippen molar-refractivity contribution in [2.75, 3.05) is 6.61 Å². The van der Waals surface area contributed by atoms with E-state index < -0.39 is 29.8 Å². The zero-order chi connectivity index (χ0) is 16.9. The highest BCUT2D eigenvalue weighted by Crippen LogP contribution is 2.27. The first kappa shape index (κ1) is 17.4. The van der Waals surface area contributed by atoms with Crippen LogP contribution in [0.15, 0.2) is 22.7 Å². The Bertz CT molecular complexity index is 651. The van der Waals surface area contributed by atoms with Crippen LogP contribution < -0.4 is 5.32 Å². The van der Waals surface area contributed by atoms with E-state index in [0.717, 1.165) is 25.3 Å². The molecule has 0 unspecified atom stereocenters. The normalized spacial score (nSPS) is 16.2. The average molecular weight is 383 g/mol. The standard InChI is InChI=1S/C16H16BrFN2O3/c17-11-4-5-13(18)12(8-11)15(22)23-9-14(21)20-16(10-19)6-2-1-3-7-16/h4-5,8H,1-3,6-7,9H2,(H,20,21). The van der Waals surface area contributed by atoms with E-state index in [9.17, 15) is 19.2 Å². The highest BCUT2D eigenvalue weighted by atomic mass is 79.9. The predicted octanol–water partition coefficient (Wildman–Crippen LogP) is 3.09. The Kier molecular flexibility index (Phi) is 5.72. The van der Waals surface area contributed by atoms with Gasteiger partial charge in [0.2, 0.25) is 0 Å². The lowest BCUT2D eigenvalue weighted by Crippen LogP contribution is -2.50. The number of ether oxygens (including phenoxy) is 1. The zero-order valence-electron chi connectivity index (χ0n) is 12.4. The van der Waals surface area contributed by atoms with Crippen molar-refractivity contribution in [3.05, 3.63) is 34.1 Å². The third-order valence-corrected chi connectivity index (χ3v) is 4.28. The lowest BCUT2D eigenvalue weighted by atomic mass is 9.83. The largest absolute Gasteiger partial charge is 0.452 e. The van der Waals surface area contributed by atoms with Gasteiger partial charge in [0, 0.05) is 4.47 Å². The van der Waals surface area contributed by atoms with Gasteiger partial charge in [0.05, 0.1) is 11.6 Å². The molecule has 7 heteroatoms. The quantitative estimate of drug-likeness (QED) is 0.811. The molecule has 1 aliphatic rings. The lowest BCUT2D eigenvalue weighted by molar-refractivity contribution is -0.125. The van der Waals surface area contributed by atoms with E-state index in [1.807, 2.05) is 0 Å². The summed E-state index contributed by atoms with van der Waals surface area (Å²) >= 11 is 3.14. The molecular formula is C16H16BrFN2O3. The van der Waals surface area contributed by atoms with Crippen molar-refractivity contribution >= 4 is 27.8 Å². The number of esters is 1. The molecule has 0 radical (unpaired) electrons.